The first-order chi connectivity index (χ1) is 30.8. The second-order valence-corrected chi connectivity index (χ2v) is 15.5. The van der Waals surface area contributed by atoms with Crippen LogP contribution in [0.15, 0.2) is 194 Å². The van der Waals surface area contributed by atoms with Crippen molar-refractivity contribution < 1.29 is 6.85 Å². The Hall–Kier alpha value is -7.47. The quantitative estimate of drug-likeness (QED) is 0.164. The van der Waals surface area contributed by atoms with E-state index >= 15 is 0 Å². The van der Waals surface area contributed by atoms with Crippen molar-refractivity contribution in [1.82, 2.24) is 19.5 Å². The van der Waals surface area contributed by atoms with E-state index in [-0.39, 0.29) is 23.5 Å². The highest BCUT2D eigenvalue weighted by atomic mass is 32.1. The third kappa shape index (κ3) is 5.18. The van der Waals surface area contributed by atoms with E-state index in [0.717, 1.165) is 64.4 Å². The summed E-state index contributed by atoms with van der Waals surface area (Å²) in [4.78, 5) is 15.0. The molecule has 0 radical (unpaired) electrons. The highest BCUT2D eigenvalue weighted by Crippen LogP contribution is 2.45. The van der Waals surface area contributed by atoms with Crippen LogP contribution in [0, 0.1) is 0 Å². The van der Waals surface area contributed by atoms with Gasteiger partial charge in [-0.25, -0.2) is 15.0 Å². The summed E-state index contributed by atoms with van der Waals surface area (Å²) in [6.45, 7) is 0. The van der Waals surface area contributed by atoms with Gasteiger partial charge in [0, 0.05) is 53.3 Å². The van der Waals surface area contributed by atoms with Gasteiger partial charge in [-0.2, -0.15) is 0 Å². The van der Waals surface area contributed by atoms with Crippen molar-refractivity contribution in [3.63, 3.8) is 0 Å². The van der Waals surface area contributed by atoms with Crippen LogP contribution in [-0.2, 0) is 0 Å². The third-order valence-electron chi connectivity index (χ3n) is 11.1. The third-order valence-corrected chi connectivity index (χ3v) is 12.3. The predicted octanol–water partition coefficient (Wildman–Crippen LogP) is 14.3. The Balaban J connectivity index is 1.19. The molecule has 5 heteroatoms. The summed E-state index contributed by atoms with van der Waals surface area (Å²) in [6.07, 6.45) is 0. The molecular weight excluding hydrogens is 725 g/mol. The fraction of sp³-hybridized carbons (Fsp3) is 0. The summed E-state index contributed by atoms with van der Waals surface area (Å²) in [5.74, 6) is 0.646. The summed E-state index contributed by atoms with van der Waals surface area (Å²) >= 11 is 1.65. The zero-order chi connectivity index (χ0) is 42.5. The van der Waals surface area contributed by atoms with E-state index in [0.29, 0.717) is 17.2 Å². The van der Waals surface area contributed by atoms with Gasteiger partial charge in [0.2, 0.25) is 0 Å². The molecule has 0 aliphatic carbocycles. The van der Waals surface area contributed by atoms with E-state index in [1.807, 2.05) is 30.3 Å². The van der Waals surface area contributed by atoms with Gasteiger partial charge in [-0.3, -0.25) is 0 Å². The van der Waals surface area contributed by atoms with E-state index < -0.39 is 18.1 Å². The lowest BCUT2D eigenvalue weighted by molar-refractivity contribution is 1.07. The van der Waals surface area contributed by atoms with Gasteiger partial charge in [0.05, 0.1) is 17.9 Å². The number of nitrogens with zero attached hydrogens (tertiary/aromatic N) is 4. The molecule has 4 nitrogen and oxygen atoms in total. The molecule has 3 aromatic heterocycles. The molecule has 12 aromatic rings. The zero-order valence-electron chi connectivity index (χ0n) is 35.8. The second kappa shape index (κ2) is 13.1. The first kappa shape index (κ1) is 28.0. The molecule has 58 heavy (non-hydrogen) atoms. The minimum Gasteiger partial charge on any atom is -0.309 e. The Kier molecular flexibility index (Phi) is 6.30. The van der Waals surface area contributed by atoms with Gasteiger partial charge in [0.1, 0.15) is 0 Å². The van der Waals surface area contributed by atoms with Crippen molar-refractivity contribution in [2.45, 2.75) is 0 Å². The predicted molar refractivity (Wildman–Crippen MR) is 244 cm³/mol. The van der Waals surface area contributed by atoms with Crippen LogP contribution < -0.4 is 0 Å². The lowest BCUT2D eigenvalue weighted by atomic mass is 9.92. The van der Waals surface area contributed by atoms with Gasteiger partial charge >= 0.3 is 0 Å². The van der Waals surface area contributed by atoms with E-state index in [4.69, 9.17) is 21.8 Å². The van der Waals surface area contributed by atoms with Gasteiger partial charge in [-0.1, -0.05) is 152 Å². The van der Waals surface area contributed by atoms with Crippen LogP contribution in [0.1, 0.15) is 6.85 Å². The van der Waals surface area contributed by atoms with Crippen molar-refractivity contribution in [2.24, 2.45) is 0 Å². The first-order valence-corrected chi connectivity index (χ1v) is 19.9. The van der Waals surface area contributed by atoms with Gasteiger partial charge < -0.3 is 4.57 Å². The summed E-state index contributed by atoms with van der Waals surface area (Å²) in [5, 5.41) is 9.14. The maximum absolute atomic E-state index is 8.92. The van der Waals surface area contributed by atoms with Crippen LogP contribution in [0.3, 0.4) is 0 Å². The Bertz CT molecular complexity index is 3800. The summed E-state index contributed by atoms with van der Waals surface area (Å²) in [6, 6.07) is 54.7. The number of aromatic nitrogens is 4. The Morgan fingerprint density at radius 2 is 1.03 bits per heavy atom. The average Bonchev–Trinajstić information content (AvgIpc) is 3.88. The number of fused-ring (bicyclic) bond motifs is 9. The number of hydrogen-bond acceptors (Lipinski definition) is 4. The van der Waals surface area contributed by atoms with E-state index in [9.17, 15) is 0 Å². The number of para-hydroxylation sites is 2. The van der Waals surface area contributed by atoms with Crippen molar-refractivity contribution in [3.05, 3.63) is 194 Å². The molecule has 12 rings (SSSR count). The largest absolute Gasteiger partial charge is 0.309 e. The molecular formula is C53H32N4S. The summed E-state index contributed by atoms with van der Waals surface area (Å²) in [7, 11) is 0. The maximum Gasteiger partial charge on any atom is 0.165 e. The van der Waals surface area contributed by atoms with Crippen molar-refractivity contribution in [2.75, 3.05) is 0 Å². The van der Waals surface area contributed by atoms with Crippen molar-refractivity contribution in [1.29, 1.82) is 0 Å². The molecule has 0 aliphatic rings. The van der Waals surface area contributed by atoms with Gasteiger partial charge in [-0.05, 0) is 75.1 Å². The van der Waals surface area contributed by atoms with Crippen LogP contribution in [0.5, 0.6) is 0 Å². The molecule has 0 amide bonds. The maximum atomic E-state index is 8.92. The van der Waals surface area contributed by atoms with Crippen LogP contribution in [0.4, 0.5) is 0 Å². The molecule has 0 fully saturated rings. The van der Waals surface area contributed by atoms with E-state index in [1.165, 1.54) is 21.5 Å². The molecule has 3 heterocycles. The molecule has 0 unspecified atom stereocenters. The van der Waals surface area contributed by atoms with Gasteiger partial charge in [-0.15, -0.1) is 11.3 Å². The molecule has 0 saturated heterocycles. The Labute approximate surface area is 345 Å². The molecule has 270 valence electrons. The monoisotopic (exact) mass is 761 g/mol. The summed E-state index contributed by atoms with van der Waals surface area (Å²) < 4.78 is 47.5. The molecule has 0 atom stereocenters. The average molecular weight is 762 g/mol. The van der Waals surface area contributed by atoms with Crippen LogP contribution in [-0.4, -0.2) is 19.5 Å². The minimum absolute atomic E-state index is 0.00199. The standard InChI is InChI=1S/C53H32N4S/c1-3-15-33(16-4-1)51-54-52(34-17-5-2-6-18-34)56-53(55-51)46-32-37(57-47-25-13-11-23-41(47)42-24-12-14-26-48(42)57)31-45-44-30-36(27-28-49(44)58-50(45)46)43-29-35-19-7-8-20-38(35)39-21-9-10-22-40(39)43/h1-32H/i1D,3D,4D,15D,16D. The fourth-order valence-electron chi connectivity index (χ4n) is 8.51. The zero-order valence-corrected chi connectivity index (χ0v) is 31.6. The minimum atomic E-state index is -0.478. The smallest absolute Gasteiger partial charge is 0.165 e. The van der Waals surface area contributed by atoms with Crippen molar-refractivity contribution in [3.8, 4) is 51.0 Å². The number of benzene rings is 9. The topological polar surface area (TPSA) is 43.6 Å². The second-order valence-electron chi connectivity index (χ2n) is 14.4. The van der Waals surface area contributed by atoms with Gasteiger partial charge in [0.15, 0.2) is 17.5 Å². The van der Waals surface area contributed by atoms with Crippen LogP contribution in [0.25, 0.3) is 115 Å². The van der Waals surface area contributed by atoms with Crippen LogP contribution >= 0.6 is 11.3 Å². The number of hydrogen-bond donors (Lipinski definition) is 0. The molecule has 0 N–H and O–H groups in total. The molecule has 9 aromatic carbocycles. The molecule has 0 aliphatic heterocycles. The molecule has 0 spiro atoms. The number of rotatable bonds is 5. The van der Waals surface area contributed by atoms with Crippen LogP contribution in [0.2, 0.25) is 0 Å². The highest BCUT2D eigenvalue weighted by Gasteiger charge is 2.21. The fourth-order valence-corrected chi connectivity index (χ4v) is 9.68. The van der Waals surface area contributed by atoms with E-state index in [1.54, 1.807) is 11.3 Å². The lowest BCUT2D eigenvalue weighted by Crippen LogP contribution is -2.01. The lowest BCUT2D eigenvalue weighted by Gasteiger charge is -2.13. The first-order valence-electron chi connectivity index (χ1n) is 21.6. The Morgan fingerprint density at radius 1 is 0.414 bits per heavy atom. The van der Waals surface area contributed by atoms with E-state index in [2.05, 4.69) is 138 Å². The van der Waals surface area contributed by atoms with Gasteiger partial charge in [0.25, 0.3) is 0 Å². The molecule has 0 bridgehead atoms. The van der Waals surface area contributed by atoms with Crippen molar-refractivity contribution >= 4 is 74.9 Å². The normalized spacial score (nSPS) is 13.0. The summed E-state index contributed by atoms with van der Waals surface area (Å²) in [5.41, 5.74) is 6.60. The molecule has 0 saturated carbocycles. The Morgan fingerprint density at radius 3 is 1.79 bits per heavy atom. The SMILES string of the molecule is [2H]c1c([2H])c([2H])c(-c2nc(-c3ccccc3)nc(-c3cc(-n4c5ccccc5c5ccccc54)cc4c3sc3ccc(-c5cc6ccccc6c6ccccc56)cc34)n2)c([2H])c1[2H]. The number of thiophene rings is 1. The highest BCUT2D eigenvalue weighted by molar-refractivity contribution is 7.26.